The molecule has 2 aromatic carbocycles. The highest BCUT2D eigenvalue weighted by Crippen LogP contribution is 2.42. The molecule has 2 unspecified atom stereocenters. The molecule has 0 aliphatic carbocycles. The van der Waals surface area contributed by atoms with Crippen molar-refractivity contribution < 1.29 is 19.1 Å². The van der Waals surface area contributed by atoms with Gasteiger partial charge in [-0.3, -0.25) is 14.4 Å². The molecule has 0 bridgehead atoms. The number of halogens is 2. The third-order valence-corrected chi connectivity index (χ3v) is 6.88. The summed E-state index contributed by atoms with van der Waals surface area (Å²) in [6.45, 7) is 1.78. The van der Waals surface area contributed by atoms with Gasteiger partial charge in [0.1, 0.15) is 5.92 Å². The third-order valence-electron chi connectivity index (χ3n) is 5.11. The van der Waals surface area contributed by atoms with E-state index < -0.39 is 23.7 Å². The normalized spacial score (nSPS) is 17.7. The van der Waals surface area contributed by atoms with E-state index in [1.165, 1.54) is 7.11 Å². The summed E-state index contributed by atoms with van der Waals surface area (Å²) in [5.41, 5.74) is 1.85. The zero-order valence-electron chi connectivity index (χ0n) is 17.6. The SMILES string of the molecule is COC(=O)C1C(=O)NC(SCC(=O)Nc2cccc(Cl)c2C)=C(C#N)C1c1ccccc1Cl. The van der Waals surface area contributed by atoms with Crippen LogP contribution in [0.1, 0.15) is 17.0 Å². The first kappa shape index (κ1) is 24.6. The van der Waals surface area contributed by atoms with E-state index in [1.54, 1.807) is 49.4 Å². The van der Waals surface area contributed by atoms with Gasteiger partial charge in [-0.25, -0.2) is 0 Å². The molecule has 0 radical (unpaired) electrons. The van der Waals surface area contributed by atoms with Crippen LogP contribution in [0.2, 0.25) is 10.0 Å². The van der Waals surface area contributed by atoms with Crippen LogP contribution in [0, 0.1) is 24.2 Å². The Labute approximate surface area is 205 Å². The number of carbonyl (C=O) groups excluding carboxylic acids is 3. The van der Waals surface area contributed by atoms with Crippen LogP contribution in [0.15, 0.2) is 53.1 Å². The maximum Gasteiger partial charge on any atom is 0.319 e. The van der Waals surface area contributed by atoms with E-state index >= 15 is 0 Å². The number of hydrogen-bond donors (Lipinski definition) is 2. The molecule has 2 N–H and O–H groups in total. The average Bonchev–Trinajstić information content (AvgIpc) is 2.80. The van der Waals surface area contributed by atoms with Crippen LogP contribution in [-0.2, 0) is 19.1 Å². The first-order valence-corrected chi connectivity index (χ1v) is 11.5. The van der Waals surface area contributed by atoms with Gasteiger partial charge in [-0.15, -0.1) is 0 Å². The molecule has 2 amide bonds. The molecule has 170 valence electrons. The molecule has 7 nitrogen and oxygen atoms in total. The number of ether oxygens (including phenoxy) is 1. The molecule has 0 saturated heterocycles. The number of rotatable bonds is 6. The Bertz CT molecular complexity index is 1190. The lowest BCUT2D eigenvalue weighted by molar-refractivity contribution is -0.150. The van der Waals surface area contributed by atoms with E-state index in [0.29, 0.717) is 21.3 Å². The lowest BCUT2D eigenvalue weighted by atomic mass is 9.78. The molecule has 0 fully saturated rings. The Morgan fingerprint density at radius 3 is 2.55 bits per heavy atom. The number of methoxy groups -OCH3 is 1. The predicted octanol–water partition coefficient (Wildman–Crippen LogP) is 4.41. The minimum atomic E-state index is -1.29. The summed E-state index contributed by atoms with van der Waals surface area (Å²) in [7, 11) is 1.17. The molecule has 2 atom stereocenters. The molecular weight excluding hydrogens is 485 g/mol. The van der Waals surface area contributed by atoms with Crippen molar-refractivity contribution in [1.82, 2.24) is 5.32 Å². The van der Waals surface area contributed by atoms with E-state index in [9.17, 15) is 19.6 Å². The topological polar surface area (TPSA) is 108 Å². The van der Waals surface area contributed by atoms with Gasteiger partial charge in [0, 0.05) is 21.7 Å². The fourth-order valence-corrected chi connectivity index (χ4v) is 4.73. The second kappa shape index (κ2) is 10.8. The third kappa shape index (κ3) is 5.33. The van der Waals surface area contributed by atoms with Crippen LogP contribution in [0.5, 0.6) is 0 Å². The number of benzene rings is 2. The van der Waals surface area contributed by atoms with E-state index in [2.05, 4.69) is 16.7 Å². The summed E-state index contributed by atoms with van der Waals surface area (Å²) in [4.78, 5) is 37.8. The van der Waals surface area contributed by atoms with Crippen LogP contribution in [0.25, 0.3) is 0 Å². The van der Waals surface area contributed by atoms with Crippen molar-refractivity contribution in [2.45, 2.75) is 12.8 Å². The van der Waals surface area contributed by atoms with Gasteiger partial charge in [0.05, 0.1) is 29.5 Å². The van der Waals surface area contributed by atoms with Gasteiger partial charge in [-0.1, -0.05) is 59.2 Å². The number of amides is 2. The minimum absolute atomic E-state index is 0.0924. The fourth-order valence-electron chi connectivity index (χ4n) is 3.45. The molecule has 0 saturated carbocycles. The first-order chi connectivity index (χ1) is 15.8. The number of hydrogen-bond acceptors (Lipinski definition) is 6. The van der Waals surface area contributed by atoms with E-state index in [0.717, 1.165) is 17.3 Å². The Morgan fingerprint density at radius 2 is 1.88 bits per heavy atom. The van der Waals surface area contributed by atoms with E-state index in [-0.39, 0.29) is 22.3 Å². The highest BCUT2D eigenvalue weighted by molar-refractivity contribution is 8.03. The molecule has 1 aliphatic rings. The molecule has 0 spiro atoms. The number of allylic oxidation sites excluding steroid dienone is 1. The number of nitrogens with zero attached hydrogens (tertiary/aromatic N) is 1. The quantitative estimate of drug-likeness (QED) is 0.446. The molecule has 1 heterocycles. The Balaban J connectivity index is 1.91. The van der Waals surface area contributed by atoms with Crippen molar-refractivity contribution in [2.75, 3.05) is 18.2 Å². The molecule has 3 rings (SSSR count). The summed E-state index contributed by atoms with van der Waals surface area (Å²) in [6, 6.07) is 13.9. The summed E-state index contributed by atoms with van der Waals surface area (Å²) < 4.78 is 4.81. The van der Waals surface area contributed by atoms with Gasteiger partial charge in [-0.05, 0) is 36.2 Å². The molecule has 10 heteroatoms. The second-order valence-electron chi connectivity index (χ2n) is 7.09. The number of carbonyl (C=O) groups is 3. The number of anilines is 1. The monoisotopic (exact) mass is 503 g/mol. The lowest BCUT2D eigenvalue weighted by Gasteiger charge is -2.31. The first-order valence-electron chi connectivity index (χ1n) is 9.73. The zero-order chi connectivity index (χ0) is 24.1. The molecule has 33 heavy (non-hydrogen) atoms. The van der Waals surface area contributed by atoms with Crippen molar-refractivity contribution in [3.05, 3.63) is 74.2 Å². The maximum absolute atomic E-state index is 12.9. The predicted molar refractivity (Wildman–Crippen MR) is 128 cm³/mol. The van der Waals surface area contributed by atoms with Gasteiger partial charge >= 0.3 is 5.97 Å². The van der Waals surface area contributed by atoms with Crippen LogP contribution in [0.4, 0.5) is 5.69 Å². The molecular formula is C23H19Cl2N3O4S. The molecule has 1 aliphatic heterocycles. The summed E-state index contributed by atoms with van der Waals surface area (Å²) in [6.07, 6.45) is 0. The van der Waals surface area contributed by atoms with Crippen LogP contribution < -0.4 is 10.6 Å². The summed E-state index contributed by atoms with van der Waals surface area (Å²) >= 11 is 13.4. The zero-order valence-corrected chi connectivity index (χ0v) is 20.0. The van der Waals surface area contributed by atoms with E-state index in [1.807, 2.05) is 0 Å². The Morgan fingerprint density at radius 1 is 1.18 bits per heavy atom. The largest absolute Gasteiger partial charge is 0.468 e. The molecule has 2 aromatic rings. The van der Waals surface area contributed by atoms with Gasteiger partial charge in [-0.2, -0.15) is 5.26 Å². The number of thioether (sulfide) groups is 1. The molecule has 0 aromatic heterocycles. The van der Waals surface area contributed by atoms with Crippen molar-refractivity contribution in [2.24, 2.45) is 5.92 Å². The fraction of sp³-hybridized carbons (Fsp3) is 0.217. The van der Waals surface area contributed by atoms with Crippen molar-refractivity contribution in [1.29, 1.82) is 5.26 Å². The number of nitriles is 1. The Hall–Kier alpha value is -2.99. The number of esters is 1. The van der Waals surface area contributed by atoms with Gasteiger partial charge in [0.25, 0.3) is 0 Å². The highest BCUT2D eigenvalue weighted by Gasteiger charge is 2.45. The highest BCUT2D eigenvalue weighted by atomic mass is 35.5. The second-order valence-corrected chi connectivity index (χ2v) is 8.89. The van der Waals surface area contributed by atoms with E-state index in [4.69, 9.17) is 27.9 Å². The van der Waals surface area contributed by atoms with Crippen molar-refractivity contribution in [3.8, 4) is 6.07 Å². The smallest absolute Gasteiger partial charge is 0.319 e. The number of nitrogens with one attached hydrogen (secondary N) is 2. The van der Waals surface area contributed by atoms with Crippen LogP contribution >= 0.6 is 35.0 Å². The summed E-state index contributed by atoms with van der Waals surface area (Å²) in [5, 5.41) is 16.3. The lowest BCUT2D eigenvalue weighted by Crippen LogP contribution is -2.44. The van der Waals surface area contributed by atoms with Gasteiger partial charge in [0.2, 0.25) is 11.8 Å². The van der Waals surface area contributed by atoms with Gasteiger partial charge < -0.3 is 15.4 Å². The van der Waals surface area contributed by atoms with Crippen LogP contribution in [-0.4, -0.2) is 30.6 Å². The minimum Gasteiger partial charge on any atom is -0.468 e. The average molecular weight is 504 g/mol. The maximum atomic E-state index is 12.9. The summed E-state index contributed by atoms with van der Waals surface area (Å²) in [5.74, 6) is -4.12. The standard InChI is InChI=1S/C23H19Cl2N3O4S/c1-12-15(24)8-5-9-17(12)27-18(29)11-33-22-14(10-26)19(13-6-3-4-7-16(13)25)20(21(30)28-22)23(31)32-2/h3-9,19-20H,11H2,1-2H3,(H,27,29)(H,28,30). The van der Waals surface area contributed by atoms with Gasteiger partial charge in [0.15, 0.2) is 0 Å². The van der Waals surface area contributed by atoms with Crippen molar-refractivity contribution in [3.63, 3.8) is 0 Å². The van der Waals surface area contributed by atoms with Crippen molar-refractivity contribution >= 4 is 58.4 Å². The Kier molecular flexibility index (Phi) is 8.03. The van der Waals surface area contributed by atoms with Crippen LogP contribution in [0.3, 0.4) is 0 Å².